The molecule has 23 heavy (non-hydrogen) atoms. The van der Waals surface area contributed by atoms with E-state index in [1.54, 1.807) is 0 Å². The molecule has 0 fully saturated rings. The van der Waals surface area contributed by atoms with Crippen LogP contribution in [0.3, 0.4) is 0 Å². The molecule has 0 amide bonds. The van der Waals surface area contributed by atoms with Crippen molar-refractivity contribution in [2.24, 2.45) is 5.92 Å². The van der Waals surface area contributed by atoms with E-state index in [2.05, 4.69) is 25.9 Å². The summed E-state index contributed by atoms with van der Waals surface area (Å²) in [4.78, 5) is 2.17. The summed E-state index contributed by atoms with van der Waals surface area (Å²) in [5, 5.41) is 11.7. The molecule has 0 radical (unpaired) electrons. The molecule has 0 spiro atoms. The van der Waals surface area contributed by atoms with Crippen LogP contribution in [-0.4, -0.2) is 36.8 Å². The fraction of sp³-hybridized carbons (Fsp3) is 0.667. The van der Waals surface area contributed by atoms with Crippen molar-refractivity contribution in [1.29, 1.82) is 0 Å². The van der Waals surface area contributed by atoms with E-state index in [1.165, 1.54) is 19.3 Å². The highest BCUT2D eigenvalue weighted by molar-refractivity contribution is 6.42. The Morgan fingerprint density at radius 3 is 2.35 bits per heavy atom. The molecule has 1 rings (SSSR count). The third-order valence-electron chi connectivity index (χ3n) is 4.04. The highest BCUT2D eigenvalue weighted by atomic mass is 35.5. The monoisotopic (exact) mass is 381 g/mol. The molecule has 0 aliphatic carbocycles. The van der Waals surface area contributed by atoms with Crippen LogP contribution in [0.2, 0.25) is 10.0 Å². The molecule has 0 saturated heterocycles. The van der Waals surface area contributed by atoms with Crippen LogP contribution in [0.25, 0.3) is 0 Å². The number of aliphatic hydroxyl groups is 1. The van der Waals surface area contributed by atoms with Gasteiger partial charge in [0, 0.05) is 6.54 Å². The normalized spacial score (nSPS) is 13.7. The molecule has 0 heterocycles. The smallest absolute Gasteiger partial charge is 0.0595 e. The Balaban J connectivity index is 0.00000484. The number of rotatable bonds is 10. The molecule has 0 aliphatic heterocycles. The zero-order valence-electron chi connectivity index (χ0n) is 14.4. The summed E-state index contributed by atoms with van der Waals surface area (Å²) in [5.41, 5.74) is 1.13. The Hall–Kier alpha value is 0.01000. The molecule has 0 aliphatic rings. The predicted molar refractivity (Wildman–Crippen MR) is 104 cm³/mol. The van der Waals surface area contributed by atoms with Gasteiger partial charge in [0.1, 0.15) is 0 Å². The zero-order chi connectivity index (χ0) is 16.5. The molecule has 1 aromatic rings. The molecule has 5 heteroatoms. The lowest BCUT2D eigenvalue weighted by Crippen LogP contribution is -2.31. The summed E-state index contributed by atoms with van der Waals surface area (Å²) in [6, 6.07) is 5.71. The van der Waals surface area contributed by atoms with Crippen LogP contribution in [0.5, 0.6) is 0 Å². The van der Waals surface area contributed by atoms with Gasteiger partial charge in [-0.25, -0.2) is 0 Å². The fourth-order valence-corrected chi connectivity index (χ4v) is 3.10. The molecule has 0 aromatic heterocycles. The Kier molecular flexibility index (Phi) is 12.4. The lowest BCUT2D eigenvalue weighted by Gasteiger charge is -2.26. The van der Waals surface area contributed by atoms with Gasteiger partial charge in [-0.15, -0.1) is 12.4 Å². The van der Waals surface area contributed by atoms with Crippen LogP contribution in [-0.2, 0) is 6.42 Å². The van der Waals surface area contributed by atoms with Crippen molar-refractivity contribution in [3.63, 3.8) is 0 Å². The number of hydrogen-bond donors (Lipinski definition) is 1. The molecule has 2 atom stereocenters. The van der Waals surface area contributed by atoms with Crippen molar-refractivity contribution in [1.82, 2.24) is 4.90 Å². The maximum absolute atomic E-state index is 10.6. The summed E-state index contributed by atoms with van der Waals surface area (Å²) in [6.45, 7) is 3.15. The number of benzene rings is 1. The molecule has 1 aromatic carbocycles. The van der Waals surface area contributed by atoms with Crippen molar-refractivity contribution in [3.05, 3.63) is 33.8 Å². The van der Waals surface area contributed by atoms with E-state index in [1.807, 2.05) is 18.2 Å². The van der Waals surface area contributed by atoms with Gasteiger partial charge in [0.15, 0.2) is 0 Å². The van der Waals surface area contributed by atoms with E-state index in [-0.39, 0.29) is 18.5 Å². The average Bonchev–Trinajstić information content (AvgIpc) is 2.47. The Morgan fingerprint density at radius 2 is 1.78 bits per heavy atom. The Bertz CT molecular complexity index is 440. The van der Waals surface area contributed by atoms with Crippen molar-refractivity contribution >= 4 is 35.6 Å². The number of halogens is 3. The van der Waals surface area contributed by atoms with E-state index in [9.17, 15) is 5.11 Å². The number of aliphatic hydroxyl groups excluding tert-OH is 1. The van der Waals surface area contributed by atoms with Gasteiger partial charge in [0.05, 0.1) is 16.1 Å². The minimum Gasteiger partial charge on any atom is -0.393 e. The maximum Gasteiger partial charge on any atom is 0.0595 e. The first kappa shape index (κ1) is 23.0. The lowest BCUT2D eigenvalue weighted by molar-refractivity contribution is 0.0765. The highest BCUT2D eigenvalue weighted by Crippen LogP contribution is 2.24. The Labute approximate surface area is 157 Å². The van der Waals surface area contributed by atoms with Gasteiger partial charge in [-0.05, 0) is 57.0 Å². The second-order valence-electron chi connectivity index (χ2n) is 6.37. The van der Waals surface area contributed by atoms with Gasteiger partial charge < -0.3 is 10.0 Å². The molecule has 2 nitrogen and oxygen atoms in total. The lowest BCUT2D eigenvalue weighted by atomic mass is 9.91. The van der Waals surface area contributed by atoms with Crippen LogP contribution in [0.1, 0.15) is 44.6 Å². The number of hydrogen-bond acceptors (Lipinski definition) is 2. The van der Waals surface area contributed by atoms with E-state index in [0.717, 1.165) is 31.4 Å². The van der Waals surface area contributed by atoms with Crippen LogP contribution in [0.15, 0.2) is 18.2 Å². The van der Waals surface area contributed by atoms with Crippen LogP contribution in [0.4, 0.5) is 0 Å². The quantitative estimate of drug-likeness (QED) is 0.543. The minimum atomic E-state index is -0.270. The number of nitrogens with zero attached hydrogens (tertiary/aromatic N) is 1. The summed E-state index contributed by atoms with van der Waals surface area (Å²) in [7, 11) is 4.14. The Morgan fingerprint density at radius 1 is 1.09 bits per heavy atom. The van der Waals surface area contributed by atoms with Crippen LogP contribution >= 0.6 is 35.6 Å². The standard InChI is InChI=1S/C18H29Cl2NO.ClH/c1-4-5-6-7-15(13-21(2)3)18(22)11-9-14-8-10-16(19)17(20)12-14;/h8,10,12,15,18,22H,4-7,9,11,13H2,1-3H3;1H. The summed E-state index contributed by atoms with van der Waals surface area (Å²) >= 11 is 12.0. The van der Waals surface area contributed by atoms with Gasteiger partial charge in [-0.2, -0.15) is 0 Å². The second-order valence-corrected chi connectivity index (χ2v) is 7.19. The predicted octanol–water partition coefficient (Wildman–Crippen LogP) is 5.47. The number of aryl methyl sites for hydroxylation is 1. The zero-order valence-corrected chi connectivity index (χ0v) is 16.7. The van der Waals surface area contributed by atoms with E-state index < -0.39 is 0 Å². The van der Waals surface area contributed by atoms with Crippen molar-refractivity contribution in [3.8, 4) is 0 Å². The first-order valence-corrected chi connectivity index (χ1v) is 8.96. The fourth-order valence-electron chi connectivity index (χ4n) is 2.78. The average molecular weight is 383 g/mol. The summed E-state index contributed by atoms with van der Waals surface area (Å²) in [6.07, 6.45) is 6.07. The van der Waals surface area contributed by atoms with Gasteiger partial charge in [-0.1, -0.05) is 55.5 Å². The van der Waals surface area contributed by atoms with E-state index in [0.29, 0.717) is 16.0 Å². The highest BCUT2D eigenvalue weighted by Gasteiger charge is 2.19. The van der Waals surface area contributed by atoms with Crippen LogP contribution < -0.4 is 0 Å². The third-order valence-corrected chi connectivity index (χ3v) is 4.77. The van der Waals surface area contributed by atoms with Gasteiger partial charge >= 0.3 is 0 Å². The summed E-state index contributed by atoms with van der Waals surface area (Å²) in [5.74, 6) is 0.337. The molecule has 0 bridgehead atoms. The van der Waals surface area contributed by atoms with Gasteiger partial charge in [-0.3, -0.25) is 0 Å². The maximum atomic E-state index is 10.6. The SMILES string of the molecule is CCCCCC(CN(C)C)C(O)CCc1ccc(Cl)c(Cl)c1.Cl. The van der Waals surface area contributed by atoms with Gasteiger partial charge in [0.25, 0.3) is 0 Å². The van der Waals surface area contributed by atoms with Crippen molar-refractivity contribution < 1.29 is 5.11 Å². The molecule has 134 valence electrons. The molecule has 1 N–H and O–H groups in total. The molecular weight excluding hydrogens is 353 g/mol. The van der Waals surface area contributed by atoms with Crippen molar-refractivity contribution in [2.45, 2.75) is 51.6 Å². The van der Waals surface area contributed by atoms with Crippen LogP contribution in [0, 0.1) is 5.92 Å². The first-order valence-electron chi connectivity index (χ1n) is 8.20. The number of unbranched alkanes of at least 4 members (excludes halogenated alkanes) is 2. The largest absolute Gasteiger partial charge is 0.393 e. The van der Waals surface area contributed by atoms with Gasteiger partial charge in [0.2, 0.25) is 0 Å². The first-order chi connectivity index (χ1) is 10.4. The molecule has 2 unspecified atom stereocenters. The summed E-state index contributed by atoms with van der Waals surface area (Å²) < 4.78 is 0. The van der Waals surface area contributed by atoms with Crippen molar-refractivity contribution in [2.75, 3.05) is 20.6 Å². The third kappa shape index (κ3) is 9.16. The topological polar surface area (TPSA) is 23.5 Å². The minimum absolute atomic E-state index is 0. The van der Waals surface area contributed by atoms with E-state index in [4.69, 9.17) is 23.2 Å². The molecule has 0 saturated carbocycles. The van der Waals surface area contributed by atoms with E-state index >= 15 is 0 Å². The molecular formula is C18H30Cl3NO. The second kappa shape index (κ2) is 12.4.